The summed E-state index contributed by atoms with van der Waals surface area (Å²) in [6.45, 7) is 5.02. The second-order valence-corrected chi connectivity index (χ2v) is 5.02. The average molecular weight is 299 g/mol. The Kier molecular flexibility index (Phi) is 3.66. The highest BCUT2D eigenvalue weighted by Gasteiger charge is 2.16. The van der Waals surface area contributed by atoms with Gasteiger partial charge in [0.2, 0.25) is 11.5 Å². The van der Waals surface area contributed by atoms with Crippen molar-refractivity contribution < 1.29 is 9.21 Å². The molecular weight excluding hydrogens is 282 g/mol. The highest BCUT2D eigenvalue weighted by Crippen LogP contribution is 2.23. The van der Waals surface area contributed by atoms with Crippen LogP contribution < -0.4 is 5.56 Å². The Morgan fingerprint density at radius 2 is 2.00 bits per heavy atom. The van der Waals surface area contributed by atoms with Gasteiger partial charge in [0.15, 0.2) is 0 Å². The van der Waals surface area contributed by atoms with Crippen LogP contribution in [0.25, 0.3) is 22.1 Å². The SMILES string of the molecule is CCN(CC)C(=O)Cn1cnc2c(oc3ccccc32)c1=O. The molecule has 3 aromatic rings. The van der Waals surface area contributed by atoms with Crippen LogP contribution in [0.5, 0.6) is 0 Å². The zero-order valence-corrected chi connectivity index (χ0v) is 12.6. The van der Waals surface area contributed by atoms with Crippen LogP contribution in [0, 0.1) is 0 Å². The molecule has 0 unspecified atom stereocenters. The second-order valence-electron chi connectivity index (χ2n) is 5.02. The van der Waals surface area contributed by atoms with Crippen LogP contribution in [0.1, 0.15) is 13.8 Å². The van der Waals surface area contributed by atoms with Crippen LogP contribution in [0.15, 0.2) is 39.8 Å². The zero-order valence-electron chi connectivity index (χ0n) is 12.6. The summed E-state index contributed by atoms with van der Waals surface area (Å²) in [5.41, 5.74) is 1.01. The Morgan fingerprint density at radius 3 is 2.73 bits per heavy atom. The summed E-state index contributed by atoms with van der Waals surface area (Å²) in [5, 5.41) is 0.803. The van der Waals surface area contributed by atoms with Crippen LogP contribution in [0.2, 0.25) is 0 Å². The molecule has 0 N–H and O–H groups in total. The maximum atomic E-state index is 12.5. The highest BCUT2D eigenvalue weighted by atomic mass is 16.3. The fourth-order valence-electron chi connectivity index (χ4n) is 2.55. The lowest BCUT2D eigenvalue weighted by atomic mass is 10.2. The van der Waals surface area contributed by atoms with Crippen molar-refractivity contribution in [3.63, 3.8) is 0 Å². The Hall–Kier alpha value is -2.63. The van der Waals surface area contributed by atoms with Crippen LogP contribution >= 0.6 is 0 Å². The van der Waals surface area contributed by atoms with Crippen LogP contribution in [0.4, 0.5) is 0 Å². The lowest BCUT2D eigenvalue weighted by Gasteiger charge is -2.18. The van der Waals surface area contributed by atoms with Crippen LogP contribution in [0.3, 0.4) is 0 Å². The first-order valence-electron chi connectivity index (χ1n) is 7.30. The molecule has 0 spiro atoms. The zero-order chi connectivity index (χ0) is 15.7. The quantitative estimate of drug-likeness (QED) is 0.739. The van der Waals surface area contributed by atoms with Crippen molar-refractivity contribution in [2.45, 2.75) is 20.4 Å². The molecule has 0 saturated carbocycles. The van der Waals surface area contributed by atoms with E-state index in [0.717, 1.165) is 5.39 Å². The summed E-state index contributed by atoms with van der Waals surface area (Å²) in [6, 6.07) is 7.36. The lowest BCUT2D eigenvalue weighted by Crippen LogP contribution is -2.36. The van der Waals surface area contributed by atoms with E-state index < -0.39 is 0 Å². The number of para-hydroxylation sites is 1. The van der Waals surface area contributed by atoms with E-state index in [9.17, 15) is 9.59 Å². The standard InChI is InChI=1S/C16H17N3O3/c1-3-18(4-2)13(20)9-19-10-17-14-11-7-5-6-8-12(11)22-15(14)16(19)21/h5-8,10H,3-4,9H2,1-2H3. The number of amides is 1. The lowest BCUT2D eigenvalue weighted by molar-refractivity contribution is -0.131. The topological polar surface area (TPSA) is 68.3 Å². The number of likely N-dealkylation sites (N-methyl/N-ethyl adjacent to an activating group) is 1. The number of carbonyl (C=O) groups excluding carboxylic acids is 1. The number of carbonyl (C=O) groups is 1. The van der Waals surface area contributed by atoms with Gasteiger partial charge in [-0.25, -0.2) is 4.98 Å². The van der Waals surface area contributed by atoms with Crippen molar-refractivity contribution in [3.05, 3.63) is 40.9 Å². The third-order valence-electron chi connectivity index (χ3n) is 3.77. The van der Waals surface area contributed by atoms with Gasteiger partial charge in [0, 0.05) is 18.5 Å². The molecule has 1 amide bonds. The minimum atomic E-state index is -0.332. The number of hydrogen-bond donors (Lipinski definition) is 0. The fourth-order valence-corrected chi connectivity index (χ4v) is 2.55. The summed E-state index contributed by atoms with van der Waals surface area (Å²) in [4.78, 5) is 30.6. The van der Waals surface area contributed by atoms with Gasteiger partial charge >= 0.3 is 0 Å². The van der Waals surface area contributed by atoms with E-state index in [1.807, 2.05) is 32.0 Å². The van der Waals surface area contributed by atoms with E-state index in [-0.39, 0.29) is 23.6 Å². The first-order valence-corrected chi connectivity index (χ1v) is 7.30. The summed E-state index contributed by atoms with van der Waals surface area (Å²) < 4.78 is 6.89. The van der Waals surface area contributed by atoms with E-state index in [2.05, 4.69) is 4.98 Å². The van der Waals surface area contributed by atoms with Gasteiger partial charge in [-0.3, -0.25) is 14.2 Å². The molecule has 0 radical (unpaired) electrons. The molecule has 1 aromatic carbocycles. The molecule has 114 valence electrons. The molecule has 2 aromatic heterocycles. The molecule has 0 aliphatic carbocycles. The van der Waals surface area contributed by atoms with Gasteiger partial charge in [0.1, 0.15) is 17.6 Å². The summed E-state index contributed by atoms with van der Waals surface area (Å²) in [7, 11) is 0. The van der Waals surface area contributed by atoms with Gasteiger partial charge in [-0.1, -0.05) is 12.1 Å². The Bertz CT molecular complexity index is 890. The molecule has 6 nitrogen and oxygen atoms in total. The Morgan fingerprint density at radius 1 is 1.27 bits per heavy atom. The molecule has 0 aliphatic heterocycles. The van der Waals surface area contributed by atoms with Crippen molar-refractivity contribution in [1.82, 2.24) is 14.5 Å². The van der Waals surface area contributed by atoms with Crippen molar-refractivity contribution in [3.8, 4) is 0 Å². The van der Waals surface area contributed by atoms with Crippen molar-refractivity contribution in [1.29, 1.82) is 0 Å². The minimum absolute atomic E-state index is 0.0273. The van der Waals surface area contributed by atoms with Crippen LogP contribution in [-0.4, -0.2) is 33.4 Å². The normalized spacial score (nSPS) is 11.2. The molecule has 22 heavy (non-hydrogen) atoms. The number of rotatable bonds is 4. The largest absolute Gasteiger partial charge is 0.448 e. The molecular formula is C16H17N3O3. The number of fused-ring (bicyclic) bond motifs is 3. The monoisotopic (exact) mass is 299 g/mol. The van der Waals surface area contributed by atoms with Gasteiger partial charge in [-0.05, 0) is 26.0 Å². The third-order valence-corrected chi connectivity index (χ3v) is 3.77. The molecule has 3 rings (SSSR count). The van der Waals surface area contributed by atoms with Crippen LogP contribution in [-0.2, 0) is 11.3 Å². The molecule has 0 fully saturated rings. The highest BCUT2D eigenvalue weighted by molar-refractivity contribution is 6.01. The number of furan rings is 1. The van der Waals surface area contributed by atoms with Gasteiger partial charge in [0.05, 0.1) is 6.33 Å². The van der Waals surface area contributed by atoms with Gasteiger partial charge in [-0.2, -0.15) is 0 Å². The summed E-state index contributed by atoms with van der Waals surface area (Å²) >= 11 is 0. The van der Waals surface area contributed by atoms with E-state index in [4.69, 9.17) is 4.42 Å². The molecule has 0 saturated heterocycles. The number of hydrogen-bond acceptors (Lipinski definition) is 4. The molecule has 0 bridgehead atoms. The second kappa shape index (κ2) is 5.63. The van der Waals surface area contributed by atoms with E-state index in [1.54, 1.807) is 11.0 Å². The molecule has 0 aliphatic rings. The van der Waals surface area contributed by atoms with Gasteiger partial charge < -0.3 is 9.32 Å². The Labute approximate surface area is 127 Å². The predicted molar refractivity (Wildman–Crippen MR) is 83.7 cm³/mol. The molecule has 6 heteroatoms. The van der Waals surface area contributed by atoms with E-state index >= 15 is 0 Å². The number of aromatic nitrogens is 2. The smallest absolute Gasteiger partial charge is 0.297 e. The predicted octanol–water partition coefficient (Wildman–Crippen LogP) is 2.01. The first-order chi connectivity index (χ1) is 10.7. The number of benzene rings is 1. The summed E-state index contributed by atoms with van der Waals surface area (Å²) in [5.74, 6) is -0.107. The summed E-state index contributed by atoms with van der Waals surface area (Å²) in [6.07, 6.45) is 1.41. The number of nitrogens with zero attached hydrogens (tertiary/aromatic N) is 3. The van der Waals surface area contributed by atoms with Gasteiger partial charge in [-0.15, -0.1) is 0 Å². The average Bonchev–Trinajstić information content (AvgIpc) is 2.91. The van der Waals surface area contributed by atoms with Crippen molar-refractivity contribution in [2.24, 2.45) is 0 Å². The maximum Gasteiger partial charge on any atom is 0.297 e. The van der Waals surface area contributed by atoms with E-state index in [1.165, 1.54) is 10.9 Å². The fraction of sp³-hybridized carbons (Fsp3) is 0.312. The van der Waals surface area contributed by atoms with Crippen molar-refractivity contribution >= 4 is 28.0 Å². The van der Waals surface area contributed by atoms with Crippen molar-refractivity contribution in [2.75, 3.05) is 13.1 Å². The minimum Gasteiger partial charge on any atom is -0.448 e. The first kappa shape index (κ1) is 14.3. The van der Waals surface area contributed by atoms with Gasteiger partial charge in [0.25, 0.3) is 5.56 Å². The maximum absolute atomic E-state index is 12.5. The Balaban J connectivity index is 2.05. The third kappa shape index (κ3) is 2.26. The molecule has 2 heterocycles. The molecule has 0 atom stereocenters. The van der Waals surface area contributed by atoms with E-state index in [0.29, 0.717) is 24.2 Å².